The number of carbonyl (C=O) groups is 1. The molecule has 2 atom stereocenters. The third-order valence-corrected chi connectivity index (χ3v) is 3.49. The molecule has 0 radical (unpaired) electrons. The zero-order valence-corrected chi connectivity index (χ0v) is 12.1. The molecular formula is C14H19ClF2N2O. The SMILES string of the molecule is CC1NCCCC1NC(=O)Cc1cccc(F)c1F.Cl. The molecule has 2 unspecified atom stereocenters. The minimum atomic E-state index is -0.938. The Bertz CT molecular complexity index is 470. The maximum atomic E-state index is 13.4. The predicted octanol–water partition coefficient (Wildman–Crippen LogP) is 2.19. The summed E-state index contributed by atoms with van der Waals surface area (Å²) in [5, 5.41) is 6.15. The summed E-state index contributed by atoms with van der Waals surface area (Å²) >= 11 is 0. The van der Waals surface area contributed by atoms with E-state index in [2.05, 4.69) is 10.6 Å². The van der Waals surface area contributed by atoms with Gasteiger partial charge >= 0.3 is 0 Å². The van der Waals surface area contributed by atoms with Gasteiger partial charge in [0, 0.05) is 17.6 Å². The van der Waals surface area contributed by atoms with Crippen molar-refractivity contribution in [2.75, 3.05) is 6.54 Å². The molecule has 1 heterocycles. The predicted molar refractivity (Wildman–Crippen MR) is 75.9 cm³/mol. The van der Waals surface area contributed by atoms with E-state index in [1.54, 1.807) is 0 Å². The van der Waals surface area contributed by atoms with Gasteiger partial charge in [0.2, 0.25) is 5.91 Å². The summed E-state index contributed by atoms with van der Waals surface area (Å²) in [4.78, 5) is 11.9. The van der Waals surface area contributed by atoms with Gasteiger partial charge in [0.15, 0.2) is 11.6 Å². The van der Waals surface area contributed by atoms with Crippen molar-refractivity contribution >= 4 is 18.3 Å². The van der Waals surface area contributed by atoms with Crippen LogP contribution in [0.2, 0.25) is 0 Å². The van der Waals surface area contributed by atoms with Gasteiger partial charge in [-0.15, -0.1) is 12.4 Å². The number of rotatable bonds is 3. The molecule has 1 fully saturated rings. The Kier molecular flexibility index (Phi) is 6.36. The maximum absolute atomic E-state index is 13.4. The highest BCUT2D eigenvalue weighted by Crippen LogP contribution is 2.13. The van der Waals surface area contributed by atoms with Crippen molar-refractivity contribution in [3.05, 3.63) is 35.4 Å². The molecule has 0 saturated carbocycles. The molecule has 1 aliphatic heterocycles. The average molecular weight is 305 g/mol. The first-order chi connectivity index (χ1) is 9.08. The summed E-state index contributed by atoms with van der Waals surface area (Å²) < 4.78 is 26.5. The molecule has 0 aromatic heterocycles. The molecule has 112 valence electrons. The van der Waals surface area contributed by atoms with Crippen LogP contribution >= 0.6 is 12.4 Å². The van der Waals surface area contributed by atoms with Gasteiger partial charge in [0.1, 0.15) is 0 Å². The molecule has 0 spiro atoms. The molecule has 1 saturated heterocycles. The second-order valence-electron chi connectivity index (χ2n) is 4.95. The monoisotopic (exact) mass is 304 g/mol. The van der Waals surface area contributed by atoms with Gasteiger partial charge in [-0.3, -0.25) is 4.79 Å². The van der Waals surface area contributed by atoms with Gasteiger partial charge in [-0.25, -0.2) is 8.78 Å². The maximum Gasteiger partial charge on any atom is 0.224 e. The lowest BCUT2D eigenvalue weighted by Gasteiger charge is -2.30. The van der Waals surface area contributed by atoms with Crippen molar-refractivity contribution in [1.29, 1.82) is 0 Å². The number of nitrogens with one attached hydrogen (secondary N) is 2. The second-order valence-corrected chi connectivity index (χ2v) is 4.95. The van der Waals surface area contributed by atoms with Gasteiger partial charge < -0.3 is 10.6 Å². The minimum absolute atomic E-state index is 0. The fourth-order valence-electron chi connectivity index (χ4n) is 2.36. The zero-order valence-electron chi connectivity index (χ0n) is 11.3. The Morgan fingerprint density at radius 2 is 2.20 bits per heavy atom. The molecule has 0 bridgehead atoms. The third-order valence-electron chi connectivity index (χ3n) is 3.49. The standard InChI is InChI=1S/C14H18F2N2O.ClH/c1-9-12(6-3-7-17-9)18-13(19)8-10-4-2-5-11(15)14(10)16;/h2,4-5,9,12,17H,3,6-8H2,1H3,(H,18,19);1H. The van der Waals surface area contributed by atoms with Crippen LogP contribution in [0.1, 0.15) is 25.3 Å². The lowest BCUT2D eigenvalue weighted by atomic mass is 9.99. The van der Waals surface area contributed by atoms with E-state index in [0.717, 1.165) is 25.5 Å². The van der Waals surface area contributed by atoms with E-state index in [1.807, 2.05) is 6.92 Å². The van der Waals surface area contributed by atoms with Crippen molar-refractivity contribution in [1.82, 2.24) is 10.6 Å². The molecule has 1 aliphatic rings. The number of hydrogen-bond acceptors (Lipinski definition) is 2. The number of hydrogen-bond donors (Lipinski definition) is 2. The smallest absolute Gasteiger partial charge is 0.224 e. The van der Waals surface area contributed by atoms with Crippen LogP contribution in [0.5, 0.6) is 0 Å². The van der Waals surface area contributed by atoms with E-state index < -0.39 is 11.6 Å². The first-order valence-corrected chi connectivity index (χ1v) is 6.53. The summed E-state index contributed by atoms with van der Waals surface area (Å²) in [7, 11) is 0. The van der Waals surface area contributed by atoms with E-state index in [9.17, 15) is 13.6 Å². The van der Waals surface area contributed by atoms with E-state index in [-0.39, 0.29) is 42.4 Å². The number of piperidine rings is 1. The lowest BCUT2D eigenvalue weighted by molar-refractivity contribution is -0.121. The third kappa shape index (κ3) is 4.15. The lowest BCUT2D eigenvalue weighted by Crippen LogP contribution is -2.52. The van der Waals surface area contributed by atoms with Crippen LogP contribution in [0.3, 0.4) is 0 Å². The Morgan fingerprint density at radius 3 is 2.90 bits per heavy atom. The first-order valence-electron chi connectivity index (χ1n) is 6.53. The molecule has 1 amide bonds. The van der Waals surface area contributed by atoms with Gasteiger partial charge in [0.05, 0.1) is 6.42 Å². The van der Waals surface area contributed by atoms with E-state index >= 15 is 0 Å². The van der Waals surface area contributed by atoms with Crippen molar-refractivity contribution in [2.45, 2.75) is 38.3 Å². The molecule has 2 N–H and O–H groups in total. The molecular weight excluding hydrogens is 286 g/mol. The molecule has 20 heavy (non-hydrogen) atoms. The van der Waals surface area contributed by atoms with Crippen LogP contribution in [0.25, 0.3) is 0 Å². The summed E-state index contributed by atoms with van der Waals surface area (Å²) in [6, 6.07) is 4.14. The molecule has 2 rings (SSSR count). The van der Waals surface area contributed by atoms with Crippen molar-refractivity contribution in [3.63, 3.8) is 0 Å². The second kappa shape index (κ2) is 7.55. The van der Waals surface area contributed by atoms with Gasteiger partial charge in [-0.1, -0.05) is 12.1 Å². The van der Waals surface area contributed by atoms with Gasteiger partial charge in [-0.2, -0.15) is 0 Å². The Labute approximate surface area is 123 Å². The van der Waals surface area contributed by atoms with Crippen molar-refractivity contribution < 1.29 is 13.6 Å². The quantitative estimate of drug-likeness (QED) is 0.899. The van der Waals surface area contributed by atoms with Crippen LogP contribution in [-0.2, 0) is 11.2 Å². The van der Waals surface area contributed by atoms with Gasteiger partial charge in [0.25, 0.3) is 0 Å². The fourth-order valence-corrected chi connectivity index (χ4v) is 2.36. The minimum Gasteiger partial charge on any atom is -0.352 e. The highest BCUT2D eigenvalue weighted by Gasteiger charge is 2.22. The van der Waals surface area contributed by atoms with Crippen LogP contribution < -0.4 is 10.6 Å². The van der Waals surface area contributed by atoms with Crippen molar-refractivity contribution in [3.8, 4) is 0 Å². The molecule has 1 aromatic rings. The Balaban J connectivity index is 0.00000200. The molecule has 1 aromatic carbocycles. The fraction of sp³-hybridized carbons (Fsp3) is 0.500. The normalized spacial score (nSPS) is 21.9. The number of benzene rings is 1. The number of amides is 1. The molecule has 6 heteroatoms. The van der Waals surface area contributed by atoms with E-state index in [1.165, 1.54) is 12.1 Å². The summed E-state index contributed by atoms with van der Waals surface area (Å²) in [6.07, 6.45) is 1.78. The van der Waals surface area contributed by atoms with Crippen LogP contribution in [0.15, 0.2) is 18.2 Å². The summed E-state index contributed by atoms with van der Waals surface area (Å²) in [5.74, 6) is -2.13. The Morgan fingerprint density at radius 1 is 1.45 bits per heavy atom. The highest BCUT2D eigenvalue weighted by molar-refractivity contribution is 5.85. The summed E-state index contributed by atoms with van der Waals surface area (Å²) in [6.45, 7) is 2.96. The van der Waals surface area contributed by atoms with Crippen LogP contribution in [0.4, 0.5) is 8.78 Å². The largest absolute Gasteiger partial charge is 0.352 e. The van der Waals surface area contributed by atoms with E-state index in [4.69, 9.17) is 0 Å². The van der Waals surface area contributed by atoms with Crippen molar-refractivity contribution in [2.24, 2.45) is 0 Å². The average Bonchev–Trinajstić information content (AvgIpc) is 2.38. The molecule has 3 nitrogen and oxygen atoms in total. The van der Waals surface area contributed by atoms with Gasteiger partial charge in [-0.05, 0) is 32.4 Å². The summed E-state index contributed by atoms with van der Waals surface area (Å²) in [5.41, 5.74) is 0.0916. The van der Waals surface area contributed by atoms with Crippen LogP contribution in [-0.4, -0.2) is 24.5 Å². The van der Waals surface area contributed by atoms with Crippen LogP contribution in [0, 0.1) is 11.6 Å². The zero-order chi connectivity index (χ0) is 13.8. The van der Waals surface area contributed by atoms with E-state index in [0.29, 0.717) is 0 Å². The first kappa shape index (κ1) is 16.9. The topological polar surface area (TPSA) is 41.1 Å². The number of carbonyl (C=O) groups excluding carboxylic acids is 1. The Hall–Kier alpha value is -1.20. The number of halogens is 3. The molecule has 0 aliphatic carbocycles. The highest BCUT2D eigenvalue weighted by atomic mass is 35.5.